The van der Waals surface area contributed by atoms with Crippen LogP contribution in [-0.2, 0) is 0 Å². The van der Waals surface area contributed by atoms with E-state index >= 15 is 0 Å². The number of carbonyl (C=O) groups excluding carboxylic acids is 1. The van der Waals surface area contributed by atoms with E-state index in [0.717, 1.165) is 6.07 Å². The van der Waals surface area contributed by atoms with E-state index in [1.54, 1.807) is 43.6 Å². The fraction of sp³-hybridized carbons (Fsp3) is 0.0400. The summed E-state index contributed by atoms with van der Waals surface area (Å²) in [5.41, 5.74) is 2.86. The SMILES string of the molecule is C=C(/C=C\N=C/C)c1c(C(=O)Nc2ccc(-c3ccccc3F)c(F)c2)c2ccc1o2. The minimum Gasteiger partial charge on any atom is -0.456 e. The lowest BCUT2D eigenvalue weighted by atomic mass is 10.00. The maximum absolute atomic E-state index is 14.7. The summed E-state index contributed by atoms with van der Waals surface area (Å²) in [6.45, 7) is 5.78. The Kier molecular flexibility index (Phi) is 5.45. The van der Waals surface area contributed by atoms with Crippen molar-refractivity contribution in [2.45, 2.75) is 6.92 Å². The number of nitrogens with one attached hydrogen (secondary N) is 1. The highest BCUT2D eigenvalue weighted by atomic mass is 19.1. The molecule has 4 nitrogen and oxygen atoms in total. The minimum absolute atomic E-state index is 0.113. The molecule has 0 saturated heterocycles. The van der Waals surface area contributed by atoms with Crippen molar-refractivity contribution in [3.05, 3.63) is 96.2 Å². The van der Waals surface area contributed by atoms with Crippen LogP contribution in [0.4, 0.5) is 14.5 Å². The number of fused-ring (bicyclic) bond motifs is 2. The number of allylic oxidation sites excluding steroid dienone is 2. The lowest BCUT2D eigenvalue weighted by Crippen LogP contribution is -2.13. The van der Waals surface area contributed by atoms with Crippen molar-refractivity contribution in [1.82, 2.24) is 0 Å². The summed E-state index contributed by atoms with van der Waals surface area (Å²) in [5, 5.41) is 2.68. The van der Waals surface area contributed by atoms with Crippen molar-refractivity contribution in [2.24, 2.45) is 4.99 Å². The number of rotatable bonds is 6. The van der Waals surface area contributed by atoms with Crippen LogP contribution in [0, 0.1) is 11.6 Å². The number of anilines is 1. The average Bonchev–Trinajstić information content (AvgIpc) is 3.36. The smallest absolute Gasteiger partial charge is 0.260 e. The van der Waals surface area contributed by atoms with Gasteiger partial charge in [-0.15, -0.1) is 0 Å². The number of furan rings is 2. The van der Waals surface area contributed by atoms with Crippen LogP contribution in [0.3, 0.4) is 0 Å². The highest BCUT2D eigenvalue weighted by molar-refractivity contribution is 6.15. The predicted octanol–water partition coefficient (Wildman–Crippen LogP) is 6.69. The summed E-state index contributed by atoms with van der Waals surface area (Å²) < 4.78 is 34.3. The number of nitrogens with zero attached hydrogens (tertiary/aromatic N) is 1. The molecule has 0 aliphatic carbocycles. The standard InChI is InChI=1S/C25H18F2N2O2/c1-3-28-13-12-15(2)23-21-10-11-22(31-21)24(23)25(30)29-16-8-9-18(20(27)14-16)17-6-4-5-7-19(17)26/h3-14H,2H2,1H3,(H,29,30)/b13-12-,28-3-. The third kappa shape index (κ3) is 3.88. The van der Waals surface area contributed by atoms with E-state index < -0.39 is 17.5 Å². The van der Waals surface area contributed by atoms with Crippen molar-refractivity contribution in [3.8, 4) is 11.1 Å². The monoisotopic (exact) mass is 416 g/mol. The lowest BCUT2D eigenvalue weighted by Gasteiger charge is -2.10. The second kappa shape index (κ2) is 8.36. The van der Waals surface area contributed by atoms with Crippen molar-refractivity contribution in [3.63, 3.8) is 0 Å². The topological polar surface area (TPSA) is 54.6 Å². The first-order valence-corrected chi connectivity index (χ1v) is 9.54. The minimum atomic E-state index is -0.645. The molecule has 0 aliphatic heterocycles. The van der Waals surface area contributed by atoms with E-state index in [2.05, 4.69) is 16.9 Å². The third-order valence-corrected chi connectivity index (χ3v) is 4.80. The van der Waals surface area contributed by atoms with E-state index in [9.17, 15) is 13.6 Å². The lowest BCUT2D eigenvalue weighted by molar-refractivity contribution is 0.102. The van der Waals surface area contributed by atoms with Gasteiger partial charge in [0.05, 0.1) is 5.56 Å². The zero-order valence-corrected chi connectivity index (χ0v) is 16.7. The number of aliphatic imine (C=N–C) groups is 1. The van der Waals surface area contributed by atoms with Crippen molar-refractivity contribution in [2.75, 3.05) is 5.32 Å². The van der Waals surface area contributed by atoms with Gasteiger partial charge in [0.1, 0.15) is 22.8 Å². The quantitative estimate of drug-likeness (QED) is 0.281. The molecule has 2 aromatic carbocycles. The van der Waals surface area contributed by atoms with E-state index in [-0.39, 0.29) is 16.8 Å². The van der Waals surface area contributed by atoms with Crippen LogP contribution < -0.4 is 5.32 Å². The van der Waals surface area contributed by atoms with E-state index in [4.69, 9.17) is 4.42 Å². The fourth-order valence-electron chi connectivity index (χ4n) is 3.38. The van der Waals surface area contributed by atoms with Crippen LogP contribution in [0.5, 0.6) is 0 Å². The number of hydrogen-bond acceptors (Lipinski definition) is 3. The molecule has 31 heavy (non-hydrogen) atoms. The van der Waals surface area contributed by atoms with E-state index in [1.165, 1.54) is 30.3 Å². The first kappa shape index (κ1) is 20.2. The molecule has 154 valence electrons. The molecule has 2 aromatic heterocycles. The summed E-state index contributed by atoms with van der Waals surface area (Å²) in [5.74, 6) is -1.63. The largest absolute Gasteiger partial charge is 0.456 e. The molecule has 4 rings (SSSR count). The highest BCUT2D eigenvalue weighted by Crippen LogP contribution is 2.35. The van der Waals surface area contributed by atoms with Crippen LogP contribution in [0.25, 0.3) is 27.9 Å². The molecule has 1 amide bonds. The van der Waals surface area contributed by atoms with Gasteiger partial charge >= 0.3 is 0 Å². The maximum atomic E-state index is 14.7. The van der Waals surface area contributed by atoms with E-state index in [1.807, 2.05) is 0 Å². The van der Waals surface area contributed by atoms with Crippen molar-refractivity contribution < 1.29 is 18.0 Å². The van der Waals surface area contributed by atoms with E-state index in [0.29, 0.717) is 27.9 Å². The molecule has 1 N–H and O–H groups in total. The summed E-state index contributed by atoms with van der Waals surface area (Å²) >= 11 is 0. The molecule has 0 radical (unpaired) electrons. The van der Waals surface area contributed by atoms with Gasteiger partial charge in [-0.2, -0.15) is 0 Å². The molecule has 0 fully saturated rings. The van der Waals surface area contributed by atoms with Crippen LogP contribution in [0.15, 0.2) is 82.9 Å². The molecule has 0 aliphatic rings. The van der Waals surface area contributed by atoms with Crippen molar-refractivity contribution in [1.29, 1.82) is 0 Å². The second-order valence-electron chi connectivity index (χ2n) is 6.79. The summed E-state index contributed by atoms with van der Waals surface area (Å²) in [6.07, 6.45) is 4.88. The molecule has 6 heteroatoms. The molecule has 0 unspecified atom stereocenters. The Morgan fingerprint density at radius 2 is 1.71 bits per heavy atom. The van der Waals surface area contributed by atoms with Gasteiger partial charge in [-0.25, -0.2) is 8.78 Å². The zero-order chi connectivity index (χ0) is 22.0. The zero-order valence-electron chi connectivity index (χ0n) is 16.7. The van der Waals surface area contributed by atoms with Crippen LogP contribution in [0.1, 0.15) is 22.8 Å². The third-order valence-electron chi connectivity index (χ3n) is 4.80. The average molecular weight is 416 g/mol. The Morgan fingerprint density at radius 3 is 2.42 bits per heavy atom. The van der Waals surface area contributed by atoms with Gasteiger partial charge in [0.2, 0.25) is 0 Å². The number of carbonyl (C=O) groups is 1. The molecule has 0 spiro atoms. The molecular weight excluding hydrogens is 398 g/mol. The van der Waals surface area contributed by atoms with Gasteiger partial charge in [0.25, 0.3) is 5.91 Å². The van der Waals surface area contributed by atoms with Crippen LogP contribution in [0.2, 0.25) is 0 Å². The Hall–Kier alpha value is -4.06. The molecule has 0 saturated carbocycles. The van der Waals surface area contributed by atoms with Gasteiger partial charge in [0, 0.05) is 34.8 Å². The first-order chi connectivity index (χ1) is 15.0. The first-order valence-electron chi connectivity index (χ1n) is 9.54. The maximum Gasteiger partial charge on any atom is 0.260 e. The highest BCUT2D eigenvalue weighted by Gasteiger charge is 2.24. The predicted molar refractivity (Wildman–Crippen MR) is 119 cm³/mol. The Morgan fingerprint density at radius 1 is 1.00 bits per heavy atom. The summed E-state index contributed by atoms with van der Waals surface area (Å²) in [4.78, 5) is 17.0. The summed E-state index contributed by atoms with van der Waals surface area (Å²) in [6, 6.07) is 13.5. The number of amides is 1. The number of halogens is 2. The van der Waals surface area contributed by atoms with Gasteiger partial charge in [0.15, 0.2) is 0 Å². The van der Waals surface area contributed by atoms with Gasteiger partial charge in [-0.05, 0) is 55.0 Å². The Balaban J connectivity index is 1.62. The van der Waals surface area contributed by atoms with Crippen LogP contribution >= 0.6 is 0 Å². The van der Waals surface area contributed by atoms with Gasteiger partial charge < -0.3 is 9.73 Å². The van der Waals surface area contributed by atoms with Crippen LogP contribution in [-0.4, -0.2) is 12.1 Å². The normalized spacial score (nSPS) is 11.7. The van der Waals surface area contributed by atoms with Gasteiger partial charge in [-0.3, -0.25) is 9.79 Å². The molecule has 2 bridgehead atoms. The van der Waals surface area contributed by atoms with Gasteiger partial charge in [-0.1, -0.05) is 24.8 Å². The number of hydrogen-bond donors (Lipinski definition) is 1. The molecule has 0 atom stereocenters. The number of benzene rings is 3. The summed E-state index contributed by atoms with van der Waals surface area (Å²) in [7, 11) is 0. The fourth-order valence-corrected chi connectivity index (χ4v) is 3.38. The second-order valence-corrected chi connectivity index (χ2v) is 6.79. The van der Waals surface area contributed by atoms with Crippen molar-refractivity contribution >= 4 is 34.5 Å². The Bertz CT molecular complexity index is 1330. The Labute approximate surface area is 177 Å². The molecular formula is C25H18F2N2O2. The molecule has 2 heterocycles. The molecule has 4 aromatic rings.